The number of terminal acetylenes is 1. The summed E-state index contributed by atoms with van der Waals surface area (Å²) in [4.78, 5) is 41.9. The van der Waals surface area contributed by atoms with Crippen molar-refractivity contribution in [3.63, 3.8) is 0 Å². The van der Waals surface area contributed by atoms with E-state index in [0.717, 1.165) is 31.2 Å². The lowest BCUT2D eigenvalue weighted by molar-refractivity contribution is -0.140. The van der Waals surface area contributed by atoms with E-state index in [1.807, 2.05) is 31.2 Å². The van der Waals surface area contributed by atoms with E-state index in [2.05, 4.69) is 23.5 Å². The number of para-hydroxylation sites is 1. The Bertz CT molecular complexity index is 1160. The second-order valence-corrected chi connectivity index (χ2v) is 10.8. The van der Waals surface area contributed by atoms with Gasteiger partial charge in [-0.15, -0.1) is 6.42 Å². The first-order chi connectivity index (χ1) is 18.5. The van der Waals surface area contributed by atoms with Crippen molar-refractivity contribution in [3.05, 3.63) is 65.2 Å². The standard InChI is InChI=1S/C32H43N3O4/c1-8-10-11-12-17-22-35(30(37)24(4)33-31(38)39-32(5,6)7)28(26-20-15-14-19-25(26)9-2)29(36)34-27-21-16-13-18-23(27)3/h2,13-16,18-21,24,28H,8,10-12,17,22H2,1,3-7H3,(H,33,38)(H,34,36). The van der Waals surface area contributed by atoms with Gasteiger partial charge in [0.25, 0.3) is 5.91 Å². The van der Waals surface area contributed by atoms with Crippen LogP contribution < -0.4 is 10.6 Å². The lowest BCUT2D eigenvalue weighted by Gasteiger charge is -2.34. The fourth-order valence-corrected chi connectivity index (χ4v) is 4.28. The average Bonchev–Trinajstić information content (AvgIpc) is 2.87. The van der Waals surface area contributed by atoms with Crippen LogP contribution in [0.1, 0.15) is 89.5 Å². The van der Waals surface area contributed by atoms with Crippen LogP contribution in [0.5, 0.6) is 0 Å². The Morgan fingerprint density at radius 1 is 1.00 bits per heavy atom. The minimum atomic E-state index is -1.00. The van der Waals surface area contributed by atoms with Crippen LogP contribution in [0.2, 0.25) is 0 Å². The van der Waals surface area contributed by atoms with Crippen LogP contribution in [-0.2, 0) is 14.3 Å². The Labute approximate surface area is 233 Å². The topological polar surface area (TPSA) is 87.7 Å². The van der Waals surface area contributed by atoms with E-state index < -0.39 is 29.7 Å². The zero-order valence-electron chi connectivity index (χ0n) is 24.2. The molecule has 0 aliphatic rings. The van der Waals surface area contributed by atoms with E-state index >= 15 is 0 Å². The highest BCUT2D eigenvalue weighted by molar-refractivity contribution is 5.99. The van der Waals surface area contributed by atoms with Gasteiger partial charge in [-0.2, -0.15) is 0 Å². The molecule has 0 radical (unpaired) electrons. The van der Waals surface area contributed by atoms with Gasteiger partial charge in [0.1, 0.15) is 17.7 Å². The van der Waals surface area contributed by atoms with Crippen molar-refractivity contribution in [2.75, 3.05) is 11.9 Å². The number of benzene rings is 2. The molecule has 0 bridgehead atoms. The second-order valence-electron chi connectivity index (χ2n) is 10.8. The van der Waals surface area contributed by atoms with Crippen molar-refractivity contribution in [1.29, 1.82) is 0 Å². The predicted molar refractivity (Wildman–Crippen MR) is 156 cm³/mol. The lowest BCUT2D eigenvalue weighted by Crippen LogP contribution is -2.51. The van der Waals surface area contributed by atoms with Gasteiger partial charge in [-0.05, 0) is 64.3 Å². The number of alkyl carbamates (subject to hydrolysis) is 1. The molecule has 2 rings (SSSR count). The molecule has 0 saturated carbocycles. The first-order valence-electron chi connectivity index (χ1n) is 13.7. The second kappa shape index (κ2) is 15.0. The minimum Gasteiger partial charge on any atom is -0.444 e. The summed E-state index contributed by atoms with van der Waals surface area (Å²) in [6.07, 6.45) is 9.97. The van der Waals surface area contributed by atoms with Crippen molar-refractivity contribution in [3.8, 4) is 12.3 Å². The highest BCUT2D eigenvalue weighted by Gasteiger charge is 2.35. The number of nitrogens with one attached hydrogen (secondary N) is 2. The summed E-state index contributed by atoms with van der Waals surface area (Å²) in [6, 6.07) is 12.7. The van der Waals surface area contributed by atoms with E-state index in [4.69, 9.17) is 11.2 Å². The number of hydrogen-bond donors (Lipinski definition) is 2. The minimum absolute atomic E-state index is 0.327. The van der Waals surface area contributed by atoms with Gasteiger partial charge >= 0.3 is 6.09 Å². The van der Waals surface area contributed by atoms with Crippen molar-refractivity contribution < 1.29 is 19.1 Å². The van der Waals surface area contributed by atoms with Gasteiger partial charge in [0.05, 0.1) is 0 Å². The molecular formula is C32H43N3O4. The number of carbonyl (C=O) groups excluding carboxylic acids is 3. The Kier molecular flexibility index (Phi) is 12.1. The number of ether oxygens (including phenoxy) is 1. The maximum absolute atomic E-state index is 14.0. The molecule has 2 aromatic carbocycles. The van der Waals surface area contributed by atoms with Crippen LogP contribution in [0.4, 0.5) is 10.5 Å². The molecule has 2 aromatic rings. The first-order valence-corrected chi connectivity index (χ1v) is 13.7. The quantitative estimate of drug-likeness (QED) is 0.245. The molecule has 2 N–H and O–H groups in total. The van der Waals surface area contributed by atoms with Crippen LogP contribution in [0.25, 0.3) is 0 Å². The normalized spacial score (nSPS) is 12.5. The Hall–Kier alpha value is -3.79. The molecule has 210 valence electrons. The van der Waals surface area contributed by atoms with Crippen molar-refractivity contribution in [2.45, 2.75) is 91.3 Å². The third kappa shape index (κ3) is 9.79. The maximum Gasteiger partial charge on any atom is 0.408 e. The lowest BCUT2D eigenvalue weighted by atomic mass is 9.97. The molecule has 7 heteroatoms. The van der Waals surface area contributed by atoms with Gasteiger partial charge in [-0.25, -0.2) is 4.79 Å². The zero-order chi connectivity index (χ0) is 29.0. The van der Waals surface area contributed by atoms with Gasteiger partial charge in [0, 0.05) is 17.8 Å². The van der Waals surface area contributed by atoms with Crippen LogP contribution in [0, 0.1) is 19.3 Å². The number of unbranched alkanes of at least 4 members (excludes halogenated alkanes) is 4. The number of anilines is 1. The largest absolute Gasteiger partial charge is 0.444 e. The highest BCUT2D eigenvalue weighted by atomic mass is 16.6. The predicted octanol–water partition coefficient (Wildman–Crippen LogP) is 6.37. The summed E-state index contributed by atoms with van der Waals surface area (Å²) >= 11 is 0. The van der Waals surface area contributed by atoms with Crippen LogP contribution in [0.3, 0.4) is 0 Å². The Balaban J connectivity index is 2.49. The fourth-order valence-electron chi connectivity index (χ4n) is 4.28. The molecule has 0 saturated heterocycles. The fraction of sp³-hybridized carbons (Fsp3) is 0.469. The van der Waals surface area contributed by atoms with E-state index in [9.17, 15) is 14.4 Å². The maximum atomic E-state index is 14.0. The number of aryl methyl sites for hydroxylation is 1. The average molecular weight is 534 g/mol. The van der Waals surface area contributed by atoms with E-state index in [-0.39, 0.29) is 5.91 Å². The number of carbonyl (C=O) groups is 3. The zero-order valence-corrected chi connectivity index (χ0v) is 24.2. The van der Waals surface area contributed by atoms with Gasteiger partial charge < -0.3 is 20.3 Å². The van der Waals surface area contributed by atoms with Crippen molar-refractivity contribution >= 4 is 23.6 Å². The number of nitrogens with zero attached hydrogens (tertiary/aromatic N) is 1. The monoisotopic (exact) mass is 533 g/mol. The van der Waals surface area contributed by atoms with Crippen LogP contribution in [-0.4, -0.2) is 41.0 Å². The third-order valence-corrected chi connectivity index (χ3v) is 6.26. The summed E-state index contributed by atoms with van der Waals surface area (Å²) in [7, 11) is 0. The third-order valence-electron chi connectivity index (χ3n) is 6.26. The molecule has 0 aliphatic heterocycles. The summed E-state index contributed by atoms with van der Waals surface area (Å²) < 4.78 is 5.36. The number of hydrogen-bond acceptors (Lipinski definition) is 4. The van der Waals surface area contributed by atoms with E-state index in [1.54, 1.807) is 52.0 Å². The molecule has 0 heterocycles. The molecule has 7 nitrogen and oxygen atoms in total. The summed E-state index contributed by atoms with van der Waals surface area (Å²) in [6.45, 7) is 11.2. The Morgan fingerprint density at radius 2 is 1.64 bits per heavy atom. The molecule has 2 atom stereocenters. The van der Waals surface area contributed by atoms with E-state index in [1.165, 1.54) is 4.90 Å². The molecule has 3 amide bonds. The number of amides is 3. The van der Waals surface area contributed by atoms with Crippen LogP contribution in [0.15, 0.2) is 48.5 Å². The molecule has 0 aromatic heterocycles. The Morgan fingerprint density at radius 3 is 2.28 bits per heavy atom. The van der Waals surface area contributed by atoms with Gasteiger partial charge in [0.15, 0.2) is 0 Å². The molecule has 0 fully saturated rings. The summed E-state index contributed by atoms with van der Waals surface area (Å²) in [5, 5.41) is 5.64. The first kappa shape index (κ1) is 31.4. The molecular weight excluding hydrogens is 490 g/mol. The molecule has 39 heavy (non-hydrogen) atoms. The number of rotatable bonds is 12. The van der Waals surface area contributed by atoms with Gasteiger partial charge in [-0.1, -0.05) is 74.9 Å². The smallest absolute Gasteiger partial charge is 0.408 e. The van der Waals surface area contributed by atoms with E-state index in [0.29, 0.717) is 29.8 Å². The SMILES string of the molecule is C#Cc1ccccc1C(C(=O)Nc1ccccc1C)N(CCCCCCC)C(=O)C(C)NC(=O)OC(C)(C)C. The molecule has 0 aliphatic carbocycles. The van der Waals surface area contributed by atoms with Crippen LogP contribution >= 0.6 is 0 Å². The summed E-state index contributed by atoms with van der Waals surface area (Å²) in [5.74, 6) is 1.89. The molecule has 0 spiro atoms. The van der Waals surface area contributed by atoms with Gasteiger partial charge in [0.2, 0.25) is 5.91 Å². The van der Waals surface area contributed by atoms with Crippen molar-refractivity contribution in [1.82, 2.24) is 10.2 Å². The summed E-state index contributed by atoms with van der Waals surface area (Å²) in [5.41, 5.74) is 1.91. The van der Waals surface area contributed by atoms with Crippen molar-refractivity contribution in [2.24, 2.45) is 0 Å². The van der Waals surface area contributed by atoms with Gasteiger partial charge in [-0.3, -0.25) is 9.59 Å². The highest BCUT2D eigenvalue weighted by Crippen LogP contribution is 2.28. The molecule has 2 unspecified atom stereocenters.